The number of benzene rings is 1. The van der Waals surface area contributed by atoms with Gasteiger partial charge in [-0.25, -0.2) is 0 Å². The molecule has 104 valence electrons. The number of carboxylic acids is 1. The zero-order valence-electron chi connectivity index (χ0n) is 11.3. The molecule has 1 aromatic rings. The fraction of sp³-hybridized carbons (Fsp3) is 0.533. The highest BCUT2D eigenvalue weighted by Crippen LogP contribution is 2.39. The van der Waals surface area contributed by atoms with Crippen molar-refractivity contribution in [3.63, 3.8) is 0 Å². The van der Waals surface area contributed by atoms with Crippen LogP contribution in [0.1, 0.15) is 43.4 Å². The number of aryl methyl sites for hydroxylation is 1. The number of phenolic OH excluding ortho intramolecular Hbond substituents is 1. The summed E-state index contributed by atoms with van der Waals surface area (Å²) < 4.78 is 0. The minimum absolute atomic E-state index is 0.0524. The van der Waals surface area contributed by atoms with E-state index in [4.69, 9.17) is 11.6 Å². The first kappa shape index (κ1) is 14.2. The summed E-state index contributed by atoms with van der Waals surface area (Å²) in [6.45, 7) is 3.31. The van der Waals surface area contributed by atoms with Crippen molar-refractivity contribution < 1.29 is 15.0 Å². The molecule has 2 N–H and O–H groups in total. The topological polar surface area (TPSA) is 57.5 Å². The van der Waals surface area contributed by atoms with E-state index in [0.29, 0.717) is 10.6 Å². The number of carboxylic acid groups (broad SMARTS) is 1. The molecule has 1 aromatic carbocycles. The van der Waals surface area contributed by atoms with Crippen LogP contribution < -0.4 is 0 Å². The van der Waals surface area contributed by atoms with Crippen molar-refractivity contribution >= 4 is 17.6 Å². The molecule has 1 aliphatic rings. The van der Waals surface area contributed by atoms with Crippen LogP contribution in [0.25, 0.3) is 0 Å². The summed E-state index contributed by atoms with van der Waals surface area (Å²) in [5.41, 5.74) is 1.91. The summed E-state index contributed by atoms with van der Waals surface area (Å²) in [4.78, 5) is 11.2. The van der Waals surface area contributed by atoms with Gasteiger partial charge in [-0.15, -0.1) is 0 Å². The molecular weight excluding hydrogens is 264 g/mol. The quantitative estimate of drug-likeness (QED) is 0.891. The lowest BCUT2D eigenvalue weighted by molar-refractivity contribution is -0.146. The van der Waals surface area contributed by atoms with Crippen LogP contribution in [0.15, 0.2) is 6.07 Å². The summed E-state index contributed by atoms with van der Waals surface area (Å²) in [6, 6.07) is 1.93. The predicted octanol–water partition coefficient (Wildman–Crippen LogP) is 3.58. The van der Waals surface area contributed by atoms with Crippen molar-refractivity contribution in [3.8, 4) is 5.75 Å². The van der Waals surface area contributed by atoms with E-state index in [2.05, 4.69) is 0 Å². The second kappa shape index (κ2) is 5.04. The minimum Gasteiger partial charge on any atom is -0.506 e. The van der Waals surface area contributed by atoms with Gasteiger partial charge in [0.1, 0.15) is 5.75 Å². The molecule has 0 amide bonds. The fourth-order valence-electron chi connectivity index (χ4n) is 2.59. The van der Waals surface area contributed by atoms with E-state index in [1.165, 1.54) is 0 Å². The predicted molar refractivity (Wildman–Crippen MR) is 74.9 cm³/mol. The molecule has 1 aliphatic carbocycles. The van der Waals surface area contributed by atoms with Gasteiger partial charge in [-0.1, -0.05) is 17.7 Å². The van der Waals surface area contributed by atoms with Crippen molar-refractivity contribution in [2.75, 3.05) is 0 Å². The minimum atomic E-state index is -0.913. The van der Waals surface area contributed by atoms with Crippen molar-refractivity contribution in [2.24, 2.45) is 5.41 Å². The Hall–Kier alpha value is -1.22. The lowest BCUT2D eigenvalue weighted by atomic mass is 9.82. The average molecular weight is 283 g/mol. The Kier molecular flexibility index (Phi) is 3.77. The Labute approximate surface area is 118 Å². The molecule has 0 unspecified atom stereocenters. The molecule has 0 heterocycles. The van der Waals surface area contributed by atoms with Gasteiger partial charge in [0, 0.05) is 0 Å². The van der Waals surface area contributed by atoms with E-state index < -0.39 is 11.4 Å². The van der Waals surface area contributed by atoms with E-state index >= 15 is 0 Å². The summed E-state index contributed by atoms with van der Waals surface area (Å²) in [7, 11) is 0. The number of aliphatic carboxylic acids is 1. The summed E-state index contributed by atoms with van der Waals surface area (Å²) >= 11 is 6.23. The number of fused-ring (bicyclic) bond motifs is 1. The molecule has 0 bridgehead atoms. The molecule has 0 atom stereocenters. The van der Waals surface area contributed by atoms with Crippen molar-refractivity contribution in [2.45, 2.75) is 46.0 Å². The Morgan fingerprint density at radius 3 is 2.63 bits per heavy atom. The Morgan fingerprint density at radius 1 is 1.37 bits per heavy atom. The maximum absolute atomic E-state index is 11.2. The molecule has 0 aliphatic heterocycles. The molecule has 0 fully saturated rings. The second-order valence-corrected chi connectivity index (χ2v) is 6.29. The molecule has 0 spiro atoms. The van der Waals surface area contributed by atoms with Crippen LogP contribution in [0.4, 0.5) is 0 Å². The van der Waals surface area contributed by atoms with Gasteiger partial charge in [-0.2, -0.15) is 0 Å². The summed E-state index contributed by atoms with van der Waals surface area (Å²) in [6.07, 6.45) is 4.34. The number of hydrogen-bond acceptors (Lipinski definition) is 2. The highest BCUT2D eigenvalue weighted by Gasteiger charge is 2.30. The lowest BCUT2D eigenvalue weighted by Crippen LogP contribution is -2.26. The van der Waals surface area contributed by atoms with Crippen LogP contribution in [0, 0.1) is 5.41 Å². The van der Waals surface area contributed by atoms with Gasteiger partial charge < -0.3 is 10.2 Å². The van der Waals surface area contributed by atoms with Gasteiger partial charge in [0.05, 0.1) is 10.4 Å². The third-order valence-electron chi connectivity index (χ3n) is 3.85. The molecule has 0 saturated carbocycles. The lowest BCUT2D eigenvalue weighted by Gasteiger charge is -2.24. The number of aromatic hydroxyl groups is 1. The molecule has 0 aromatic heterocycles. The SMILES string of the molecule is CC(C)(Cc1cc2c(c(Cl)c1O)CCCC2)C(=O)O. The maximum Gasteiger partial charge on any atom is 0.309 e. The first-order valence-electron chi connectivity index (χ1n) is 6.58. The number of carbonyl (C=O) groups is 1. The van der Waals surface area contributed by atoms with Gasteiger partial charge in [0.2, 0.25) is 0 Å². The van der Waals surface area contributed by atoms with E-state index in [1.807, 2.05) is 6.07 Å². The van der Waals surface area contributed by atoms with Crippen LogP contribution in [0.3, 0.4) is 0 Å². The third-order valence-corrected chi connectivity index (χ3v) is 4.25. The number of rotatable bonds is 3. The zero-order chi connectivity index (χ0) is 14.2. The summed E-state index contributed by atoms with van der Waals surface area (Å²) in [5.74, 6) is -0.822. The van der Waals surface area contributed by atoms with Crippen molar-refractivity contribution in [3.05, 3.63) is 27.8 Å². The van der Waals surface area contributed by atoms with Crippen LogP contribution in [-0.2, 0) is 24.1 Å². The van der Waals surface area contributed by atoms with Crippen molar-refractivity contribution in [1.82, 2.24) is 0 Å². The van der Waals surface area contributed by atoms with Crippen molar-refractivity contribution in [1.29, 1.82) is 0 Å². The Morgan fingerprint density at radius 2 is 2.00 bits per heavy atom. The normalized spacial score (nSPS) is 15.1. The second-order valence-electron chi connectivity index (χ2n) is 5.91. The van der Waals surface area contributed by atoms with Gasteiger partial charge >= 0.3 is 5.97 Å². The molecule has 0 radical (unpaired) electrons. The van der Waals surface area contributed by atoms with Crippen LogP contribution >= 0.6 is 11.6 Å². The third kappa shape index (κ3) is 2.71. The molecule has 0 saturated heterocycles. The van der Waals surface area contributed by atoms with Gasteiger partial charge in [0.15, 0.2) is 0 Å². The summed E-state index contributed by atoms with van der Waals surface area (Å²) in [5, 5.41) is 19.8. The first-order chi connectivity index (χ1) is 8.83. The van der Waals surface area contributed by atoms with Gasteiger partial charge in [-0.3, -0.25) is 4.79 Å². The highest BCUT2D eigenvalue weighted by molar-refractivity contribution is 6.33. The van der Waals surface area contributed by atoms with Gasteiger partial charge in [-0.05, 0) is 62.6 Å². The smallest absolute Gasteiger partial charge is 0.309 e. The Balaban J connectivity index is 2.42. The molecule has 2 rings (SSSR count). The van der Waals surface area contributed by atoms with Gasteiger partial charge in [0.25, 0.3) is 0 Å². The fourth-order valence-corrected chi connectivity index (χ4v) is 2.92. The number of phenols is 1. The molecule has 19 heavy (non-hydrogen) atoms. The maximum atomic E-state index is 11.2. The molecular formula is C15H19ClO3. The van der Waals surface area contributed by atoms with Crippen LogP contribution in [0.5, 0.6) is 5.75 Å². The molecule has 4 heteroatoms. The Bertz CT molecular complexity index is 521. The van der Waals surface area contributed by atoms with E-state index in [1.54, 1.807) is 13.8 Å². The largest absolute Gasteiger partial charge is 0.506 e. The van der Waals surface area contributed by atoms with Crippen LogP contribution in [0.2, 0.25) is 5.02 Å². The monoisotopic (exact) mass is 282 g/mol. The number of hydrogen-bond donors (Lipinski definition) is 2. The molecule has 3 nitrogen and oxygen atoms in total. The first-order valence-corrected chi connectivity index (χ1v) is 6.96. The van der Waals surface area contributed by atoms with E-state index in [0.717, 1.165) is 36.8 Å². The van der Waals surface area contributed by atoms with E-state index in [9.17, 15) is 15.0 Å². The van der Waals surface area contributed by atoms with Crippen LogP contribution in [-0.4, -0.2) is 16.2 Å². The average Bonchev–Trinajstić information content (AvgIpc) is 2.35. The highest BCUT2D eigenvalue weighted by atomic mass is 35.5. The standard InChI is InChI=1S/C15H19ClO3/c1-15(2,14(18)19)8-10-7-9-5-3-4-6-11(9)12(16)13(10)17/h7,17H,3-6,8H2,1-2H3,(H,18,19). The number of halogens is 1. The van der Waals surface area contributed by atoms with E-state index in [-0.39, 0.29) is 12.2 Å². The zero-order valence-corrected chi connectivity index (χ0v) is 12.0.